The van der Waals surface area contributed by atoms with E-state index in [-0.39, 0.29) is 5.41 Å². The molecular weight excluding hydrogens is 434 g/mol. The molecule has 0 saturated heterocycles. The van der Waals surface area contributed by atoms with Gasteiger partial charge in [0.1, 0.15) is 30.3 Å². The zero-order valence-electron chi connectivity index (χ0n) is 20.9. The van der Waals surface area contributed by atoms with Crippen molar-refractivity contribution in [3.8, 4) is 16.9 Å². The zero-order chi connectivity index (χ0) is 24.0. The van der Waals surface area contributed by atoms with Gasteiger partial charge in [-0.3, -0.25) is 0 Å². The molecule has 2 aromatic heterocycles. The Bertz CT molecular complexity index is 1390. The lowest BCUT2D eigenvalue weighted by Gasteiger charge is -2.33. The third-order valence-electron chi connectivity index (χ3n) is 7.40. The Kier molecular flexibility index (Phi) is 5.47. The number of benzene rings is 2. The predicted octanol–water partition coefficient (Wildman–Crippen LogP) is 5.89. The standard InChI is InChI=1S/C29H33N5O/c1-4-5-27-32-24-8-6-20(15-25(24)33-27)19-7-9-26-21(14-19)17-34(12-13-35-26)28-22-16-29(2,3)11-10-23(22)30-18-31-28/h6-9,14-15,18H,4-5,10-13,16-17H2,1-3H3,(H,32,33). The van der Waals surface area contributed by atoms with Crippen molar-refractivity contribution in [2.75, 3.05) is 18.1 Å². The van der Waals surface area contributed by atoms with E-state index in [4.69, 9.17) is 14.7 Å². The predicted molar refractivity (Wildman–Crippen MR) is 140 cm³/mol. The molecule has 6 nitrogen and oxygen atoms in total. The second-order valence-corrected chi connectivity index (χ2v) is 10.7. The van der Waals surface area contributed by atoms with Crippen molar-refractivity contribution in [1.82, 2.24) is 19.9 Å². The van der Waals surface area contributed by atoms with Gasteiger partial charge in [0.25, 0.3) is 0 Å². The van der Waals surface area contributed by atoms with Crippen LogP contribution in [0.15, 0.2) is 42.7 Å². The first kappa shape index (κ1) is 22.1. The van der Waals surface area contributed by atoms with E-state index >= 15 is 0 Å². The van der Waals surface area contributed by atoms with E-state index in [2.05, 4.69) is 72.0 Å². The van der Waals surface area contributed by atoms with Crippen LogP contribution < -0.4 is 9.64 Å². The van der Waals surface area contributed by atoms with Crippen molar-refractivity contribution in [3.05, 3.63) is 65.4 Å². The molecule has 1 aliphatic carbocycles. The number of anilines is 1. The van der Waals surface area contributed by atoms with Gasteiger partial charge in [-0.25, -0.2) is 15.0 Å². The average Bonchev–Trinajstić information content (AvgIpc) is 3.12. The molecule has 1 N–H and O–H groups in total. The summed E-state index contributed by atoms with van der Waals surface area (Å²) in [5.41, 5.74) is 8.49. The molecule has 0 radical (unpaired) electrons. The maximum Gasteiger partial charge on any atom is 0.135 e. The third kappa shape index (κ3) is 4.26. The fourth-order valence-electron chi connectivity index (χ4n) is 5.48. The Morgan fingerprint density at radius 3 is 2.83 bits per heavy atom. The van der Waals surface area contributed by atoms with E-state index in [1.54, 1.807) is 6.33 Å². The average molecular weight is 468 g/mol. The number of aromatic nitrogens is 4. The van der Waals surface area contributed by atoms with Gasteiger partial charge in [-0.05, 0) is 66.5 Å². The molecule has 0 spiro atoms. The SMILES string of the molecule is CCCc1nc2ccc(-c3ccc4c(c3)CN(c3ncnc5c3CC(C)(C)CC5)CCO4)cc2[nH]1. The Morgan fingerprint density at radius 2 is 1.94 bits per heavy atom. The Morgan fingerprint density at radius 1 is 1.09 bits per heavy atom. The highest BCUT2D eigenvalue weighted by atomic mass is 16.5. The van der Waals surface area contributed by atoms with E-state index in [1.807, 2.05) is 0 Å². The van der Waals surface area contributed by atoms with Crippen LogP contribution in [0, 0.1) is 5.41 Å². The van der Waals surface area contributed by atoms with Gasteiger partial charge >= 0.3 is 0 Å². The number of imidazole rings is 1. The minimum absolute atomic E-state index is 0.280. The number of nitrogens with zero attached hydrogens (tertiary/aromatic N) is 4. The van der Waals surface area contributed by atoms with Gasteiger partial charge in [-0.1, -0.05) is 32.9 Å². The van der Waals surface area contributed by atoms with Crippen LogP contribution in [0.3, 0.4) is 0 Å². The smallest absolute Gasteiger partial charge is 0.135 e. The van der Waals surface area contributed by atoms with Gasteiger partial charge in [0, 0.05) is 29.8 Å². The summed E-state index contributed by atoms with van der Waals surface area (Å²) in [6, 6.07) is 13.0. The van der Waals surface area contributed by atoms with Gasteiger partial charge in [0.15, 0.2) is 0 Å². The Hall–Kier alpha value is -3.41. The summed E-state index contributed by atoms with van der Waals surface area (Å²) >= 11 is 0. The van der Waals surface area contributed by atoms with Crippen molar-refractivity contribution in [2.24, 2.45) is 5.41 Å². The molecule has 0 fully saturated rings. The molecular formula is C29H33N5O. The van der Waals surface area contributed by atoms with Crippen molar-refractivity contribution >= 4 is 16.9 Å². The molecule has 180 valence electrons. The highest BCUT2D eigenvalue weighted by molar-refractivity contribution is 5.82. The van der Waals surface area contributed by atoms with Gasteiger partial charge in [0.2, 0.25) is 0 Å². The molecule has 3 heterocycles. The lowest BCUT2D eigenvalue weighted by atomic mass is 9.76. The maximum atomic E-state index is 6.18. The second-order valence-electron chi connectivity index (χ2n) is 10.7. The van der Waals surface area contributed by atoms with Crippen LogP contribution in [0.25, 0.3) is 22.2 Å². The van der Waals surface area contributed by atoms with E-state index < -0.39 is 0 Å². The van der Waals surface area contributed by atoms with Gasteiger partial charge in [-0.15, -0.1) is 0 Å². The normalized spacial score (nSPS) is 16.9. The lowest BCUT2D eigenvalue weighted by molar-refractivity contribution is 0.310. The van der Waals surface area contributed by atoms with Crippen molar-refractivity contribution in [3.63, 3.8) is 0 Å². The third-order valence-corrected chi connectivity index (χ3v) is 7.40. The van der Waals surface area contributed by atoms with Crippen LogP contribution in [0.4, 0.5) is 5.82 Å². The van der Waals surface area contributed by atoms with Gasteiger partial charge in [-0.2, -0.15) is 0 Å². The summed E-state index contributed by atoms with van der Waals surface area (Å²) < 4.78 is 6.18. The van der Waals surface area contributed by atoms with E-state index in [0.717, 1.165) is 67.2 Å². The van der Waals surface area contributed by atoms with Crippen LogP contribution >= 0.6 is 0 Å². The first-order chi connectivity index (χ1) is 17.0. The molecule has 0 bridgehead atoms. The monoisotopic (exact) mass is 467 g/mol. The maximum absolute atomic E-state index is 6.18. The number of H-pyrrole nitrogens is 1. The number of hydrogen-bond donors (Lipinski definition) is 1. The molecule has 4 aromatic rings. The largest absolute Gasteiger partial charge is 0.491 e. The molecule has 2 aromatic carbocycles. The number of aryl methyl sites for hydroxylation is 2. The second kappa shape index (κ2) is 8.67. The molecule has 35 heavy (non-hydrogen) atoms. The van der Waals surface area contributed by atoms with Crippen molar-refractivity contribution < 1.29 is 4.74 Å². The van der Waals surface area contributed by atoms with Gasteiger partial charge in [0.05, 0.1) is 17.6 Å². The minimum Gasteiger partial charge on any atom is -0.491 e. The summed E-state index contributed by atoms with van der Waals surface area (Å²) in [6.45, 7) is 9.12. The number of rotatable bonds is 4. The van der Waals surface area contributed by atoms with E-state index in [1.165, 1.54) is 34.4 Å². The number of nitrogens with one attached hydrogen (secondary N) is 1. The van der Waals surface area contributed by atoms with Crippen LogP contribution in [0.1, 0.15) is 56.3 Å². The van der Waals surface area contributed by atoms with Crippen LogP contribution in [-0.4, -0.2) is 33.1 Å². The Balaban J connectivity index is 1.33. The molecule has 2 aliphatic rings. The summed E-state index contributed by atoms with van der Waals surface area (Å²) in [6.07, 6.45) is 7.02. The molecule has 6 rings (SSSR count). The van der Waals surface area contributed by atoms with Crippen LogP contribution in [0.5, 0.6) is 5.75 Å². The molecule has 0 unspecified atom stereocenters. The fraction of sp³-hybridized carbons (Fsp3) is 0.414. The highest BCUT2D eigenvalue weighted by Crippen LogP contribution is 2.39. The van der Waals surface area contributed by atoms with Gasteiger partial charge < -0.3 is 14.6 Å². The molecule has 6 heteroatoms. The highest BCUT2D eigenvalue weighted by Gasteiger charge is 2.30. The van der Waals surface area contributed by atoms with Crippen LogP contribution in [0.2, 0.25) is 0 Å². The minimum atomic E-state index is 0.280. The number of fused-ring (bicyclic) bond motifs is 3. The number of hydrogen-bond acceptors (Lipinski definition) is 5. The number of ether oxygens (including phenoxy) is 1. The quantitative estimate of drug-likeness (QED) is 0.406. The molecule has 0 amide bonds. The van der Waals surface area contributed by atoms with E-state index in [0.29, 0.717) is 6.61 Å². The summed E-state index contributed by atoms with van der Waals surface area (Å²) in [7, 11) is 0. The topological polar surface area (TPSA) is 66.9 Å². The first-order valence-electron chi connectivity index (χ1n) is 12.8. The summed E-state index contributed by atoms with van der Waals surface area (Å²) in [5, 5.41) is 0. The lowest BCUT2D eigenvalue weighted by Crippen LogP contribution is -2.31. The Labute approximate surface area is 206 Å². The molecule has 0 saturated carbocycles. The zero-order valence-corrected chi connectivity index (χ0v) is 20.9. The van der Waals surface area contributed by atoms with Crippen molar-refractivity contribution in [1.29, 1.82) is 0 Å². The summed E-state index contributed by atoms with van der Waals surface area (Å²) in [4.78, 5) is 20.0. The fourth-order valence-corrected chi connectivity index (χ4v) is 5.48. The van der Waals surface area contributed by atoms with Crippen molar-refractivity contribution in [2.45, 2.75) is 59.4 Å². The molecule has 1 aliphatic heterocycles. The number of aromatic amines is 1. The van der Waals surface area contributed by atoms with Crippen LogP contribution in [-0.2, 0) is 25.8 Å². The summed E-state index contributed by atoms with van der Waals surface area (Å²) in [5.74, 6) is 3.10. The first-order valence-corrected chi connectivity index (χ1v) is 12.8. The molecule has 0 atom stereocenters. The van der Waals surface area contributed by atoms with E-state index in [9.17, 15) is 0 Å².